The van der Waals surface area contributed by atoms with Crippen molar-refractivity contribution < 1.29 is 4.90 Å². The molecule has 0 aromatic carbocycles. The van der Waals surface area contributed by atoms with Crippen LogP contribution in [-0.2, 0) is 0 Å². The lowest BCUT2D eigenvalue weighted by Crippen LogP contribution is -3.13. The number of likely N-dealkylation sites (tertiary alicyclic amines) is 1. The summed E-state index contributed by atoms with van der Waals surface area (Å²) in [4.78, 5) is 1.83. The Morgan fingerprint density at radius 3 is 2.88 bits per heavy atom. The molecule has 3 aliphatic rings. The number of thioether (sulfide) groups is 1. The number of hydrogen-bond acceptors (Lipinski definition) is 2. The summed E-state index contributed by atoms with van der Waals surface area (Å²) in [5.74, 6) is 0.939. The Hall–Kier alpha value is 0.270. The maximum atomic E-state index is 3.96. The van der Waals surface area contributed by atoms with Crippen molar-refractivity contribution in [1.29, 1.82) is 0 Å². The van der Waals surface area contributed by atoms with Crippen LogP contribution in [0.3, 0.4) is 0 Å². The third kappa shape index (κ3) is 2.66. The van der Waals surface area contributed by atoms with Crippen LogP contribution in [0.1, 0.15) is 45.4 Å². The van der Waals surface area contributed by atoms with Gasteiger partial charge in [-0.1, -0.05) is 12.8 Å². The minimum absolute atomic E-state index is 0.782. The highest BCUT2D eigenvalue weighted by Crippen LogP contribution is 2.40. The van der Waals surface area contributed by atoms with Crippen LogP contribution in [0.5, 0.6) is 0 Å². The first-order valence-corrected chi connectivity index (χ1v) is 8.56. The zero-order valence-corrected chi connectivity index (χ0v) is 11.9. The molecule has 17 heavy (non-hydrogen) atoms. The van der Waals surface area contributed by atoms with Gasteiger partial charge in [0.15, 0.2) is 0 Å². The van der Waals surface area contributed by atoms with Crippen molar-refractivity contribution in [2.24, 2.45) is 5.92 Å². The van der Waals surface area contributed by atoms with Crippen LogP contribution in [0.25, 0.3) is 0 Å². The lowest BCUT2D eigenvalue weighted by Gasteiger charge is -2.32. The third-order valence-electron chi connectivity index (χ3n) is 4.99. The van der Waals surface area contributed by atoms with E-state index in [2.05, 4.69) is 24.0 Å². The molecule has 98 valence electrons. The van der Waals surface area contributed by atoms with Gasteiger partial charge in [0.05, 0.1) is 25.0 Å². The lowest BCUT2D eigenvalue weighted by molar-refractivity contribution is -0.906. The molecule has 0 aromatic heterocycles. The van der Waals surface area contributed by atoms with Gasteiger partial charge in [0.1, 0.15) is 0 Å². The first-order chi connectivity index (χ1) is 8.36. The summed E-state index contributed by atoms with van der Waals surface area (Å²) in [5, 5.41) is 5.68. The Balaban J connectivity index is 1.57. The molecule has 3 heteroatoms. The summed E-state index contributed by atoms with van der Waals surface area (Å²) in [7, 11) is 0. The second-order valence-corrected chi connectivity index (χ2v) is 7.50. The molecular formula is C14H27N2S+. The Kier molecular flexibility index (Phi) is 3.98. The molecule has 2 nitrogen and oxygen atoms in total. The fourth-order valence-corrected chi connectivity index (χ4v) is 5.70. The average molecular weight is 255 g/mol. The van der Waals surface area contributed by atoms with Gasteiger partial charge in [0.2, 0.25) is 0 Å². The molecule has 2 saturated heterocycles. The van der Waals surface area contributed by atoms with Gasteiger partial charge in [-0.3, -0.25) is 0 Å². The van der Waals surface area contributed by atoms with Crippen LogP contribution < -0.4 is 10.2 Å². The topological polar surface area (TPSA) is 16.5 Å². The summed E-state index contributed by atoms with van der Waals surface area (Å²) in [5.41, 5.74) is 0. The molecule has 0 aromatic rings. The fraction of sp³-hybridized carbons (Fsp3) is 1.00. The van der Waals surface area contributed by atoms with E-state index < -0.39 is 0 Å². The third-order valence-corrected chi connectivity index (χ3v) is 6.71. The van der Waals surface area contributed by atoms with Gasteiger partial charge < -0.3 is 10.2 Å². The Labute approximate surface area is 110 Å². The zero-order chi connectivity index (χ0) is 11.7. The molecular weight excluding hydrogens is 228 g/mol. The second-order valence-electron chi connectivity index (χ2n) is 6.11. The number of nitrogens with one attached hydrogen (secondary N) is 2. The van der Waals surface area contributed by atoms with Gasteiger partial charge in [0.25, 0.3) is 0 Å². The minimum Gasteiger partial charge on any atom is -0.335 e. The van der Waals surface area contributed by atoms with Crippen LogP contribution in [0.2, 0.25) is 0 Å². The molecule has 0 bridgehead atoms. The number of quaternary nitrogens is 1. The van der Waals surface area contributed by atoms with Crippen LogP contribution >= 0.6 is 11.8 Å². The van der Waals surface area contributed by atoms with E-state index in [4.69, 9.17) is 0 Å². The average Bonchev–Trinajstić information content (AvgIpc) is 2.82. The molecule has 1 saturated carbocycles. The Morgan fingerprint density at radius 2 is 2.06 bits per heavy atom. The highest BCUT2D eigenvalue weighted by molar-refractivity contribution is 8.00. The van der Waals surface area contributed by atoms with Crippen LogP contribution in [0.15, 0.2) is 0 Å². The van der Waals surface area contributed by atoms with E-state index in [-0.39, 0.29) is 0 Å². The van der Waals surface area contributed by atoms with Crippen molar-refractivity contribution in [3.8, 4) is 0 Å². The van der Waals surface area contributed by atoms with Crippen molar-refractivity contribution in [2.75, 3.05) is 19.6 Å². The first-order valence-electron chi connectivity index (χ1n) is 7.62. The largest absolute Gasteiger partial charge is 0.335 e. The molecule has 3 rings (SSSR count). The van der Waals surface area contributed by atoms with Crippen molar-refractivity contribution in [3.05, 3.63) is 0 Å². The zero-order valence-electron chi connectivity index (χ0n) is 11.1. The quantitative estimate of drug-likeness (QED) is 0.773. The molecule has 5 atom stereocenters. The molecule has 0 radical (unpaired) electrons. The van der Waals surface area contributed by atoms with Crippen LogP contribution in [0.4, 0.5) is 0 Å². The standard InChI is InChI=1S/C14H26N2S/c1-2-16-9-5-6-11(10-16)14-15-12-7-3-4-8-13(12)17-14/h11-15H,2-10H2,1H3/p+1. The van der Waals surface area contributed by atoms with Crippen LogP contribution in [-0.4, -0.2) is 36.3 Å². The molecule has 1 aliphatic carbocycles. The number of fused-ring (bicyclic) bond motifs is 1. The van der Waals surface area contributed by atoms with Crippen molar-refractivity contribution >= 4 is 11.8 Å². The maximum Gasteiger partial charge on any atom is 0.0823 e. The van der Waals surface area contributed by atoms with Gasteiger partial charge in [-0.05, 0) is 32.6 Å². The SMILES string of the molecule is CC[NH+]1CCCC(C2NC3CCCCC3S2)C1. The number of hydrogen-bond donors (Lipinski definition) is 2. The van der Waals surface area contributed by atoms with Gasteiger partial charge in [0, 0.05) is 17.2 Å². The highest BCUT2D eigenvalue weighted by atomic mass is 32.2. The summed E-state index contributed by atoms with van der Waals surface area (Å²) in [6, 6.07) is 0.853. The van der Waals surface area contributed by atoms with E-state index >= 15 is 0 Å². The first kappa shape index (κ1) is 12.3. The Morgan fingerprint density at radius 1 is 1.18 bits per heavy atom. The smallest absolute Gasteiger partial charge is 0.0823 e. The molecule has 5 unspecified atom stereocenters. The van der Waals surface area contributed by atoms with Crippen molar-refractivity contribution in [3.63, 3.8) is 0 Å². The van der Waals surface area contributed by atoms with E-state index in [0.29, 0.717) is 0 Å². The maximum absolute atomic E-state index is 3.96. The summed E-state index contributed by atoms with van der Waals surface area (Å²) < 4.78 is 0. The molecule has 3 fully saturated rings. The highest BCUT2D eigenvalue weighted by Gasteiger charge is 2.40. The Bertz CT molecular complexity index is 245. The molecule has 0 spiro atoms. The predicted molar refractivity (Wildman–Crippen MR) is 74.5 cm³/mol. The van der Waals surface area contributed by atoms with E-state index in [9.17, 15) is 0 Å². The van der Waals surface area contributed by atoms with Crippen LogP contribution in [0, 0.1) is 5.92 Å². The van der Waals surface area contributed by atoms with Crippen molar-refractivity contribution in [1.82, 2.24) is 5.32 Å². The minimum atomic E-state index is 0.782. The van der Waals surface area contributed by atoms with E-state index in [1.807, 2.05) is 4.90 Å². The molecule has 2 aliphatic heterocycles. The molecule has 0 amide bonds. The fourth-order valence-electron chi connectivity index (χ4n) is 3.90. The number of piperidine rings is 1. The monoisotopic (exact) mass is 255 g/mol. The second kappa shape index (κ2) is 5.50. The predicted octanol–water partition coefficient (Wildman–Crippen LogP) is 1.27. The molecule has 2 N–H and O–H groups in total. The summed E-state index contributed by atoms with van der Waals surface area (Å²) >= 11 is 2.29. The van der Waals surface area contributed by atoms with Crippen molar-refractivity contribution in [2.45, 2.75) is 62.1 Å². The van der Waals surface area contributed by atoms with E-state index in [1.54, 1.807) is 0 Å². The van der Waals surface area contributed by atoms with Gasteiger partial charge in [-0.25, -0.2) is 0 Å². The van der Waals surface area contributed by atoms with E-state index in [0.717, 1.165) is 22.6 Å². The normalized spacial score (nSPS) is 46.8. The molecule has 2 heterocycles. The van der Waals surface area contributed by atoms with Gasteiger partial charge in [-0.15, -0.1) is 11.8 Å². The summed E-state index contributed by atoms with van der Waals surface area (Å²) in [6.45, 7) is 6.49. The van der Waals surface area contributed by atoms with Gasteiger partial charge in [-0.2, -0.15) is 0 Å². The summed E-state index contributed by atoms with van der Waals surface area (Å²) in [6.07, 6.45) is 8.74. The van der Waals surface area contributed by atoms with E-state index in [1.165, 1.54) is 58.2 Å². The van der Waals surface area contributed by atoms with Gasteiger partial charge >= 0.3 is 0 Å². The lowest BCUT2D eigenvalue weighted by atomic mass is 9.93. The number of rotatable bonds is 2.